The Labute approximate surface area is 180 Å². The van der Waals surface area contributed by atoms with E-state index >= 15 is 0 Å². The number of allylic oxidation sites excluding steroid dienone is 2. The number of nitrogens with zero attached hydrogens (tertiary/aromatic N) is 3. The predicted molar refractivity (Wildman–Crippen MR) is 118 cm³/mol. The lowest BCUT2D eigenvalue weighted by Gasteiger charge is -2.35. The Morgan fingerprint density at radius 3 is 2.37 bits per heavy atom. The van der Waals surface area contributed by atoms with Gasteiger partial charge >= 0.3 is 0 Å². The Balaban J connectivity index is 1.16. The van der Waals surface area contributed by atoms with Gasteiger partial charge in [0.2, 0.25) is 11.8 Å². The zero-order valence-electron chi connectivity index (χ0n) is 18.6. The van der Waals surface area contributed by atoms with E-state index in [0.717, 1.165) is 31.3 Å². The van der Waals surface area contributed by atoms with E-state index in [1.807, 2.05) is 0 Å². The molecule has 2 aliphatic carbocycles. The summed E-state index contributed by atoms with van der Waals surface area (Å²) in [6, 6.07) is 0.472. The minimum Gasteiger partial charge on any atom is -0.356 e. The van der Waals surface area contributed by atoms with Crippen LogP contribution in [0.3, 0.4) is 0 Å². The standard InChI is InChI=1S/C23H37N5O2/c1-15-7-11-27(12-8-15)16(2)14-26-23(24-3)25-9-4-10-28-21(29)19-17-5-6-18(13-17)20(19)22(28)30/h5-6,15-20H,4,7-14H2,1-3H3,(H2,24,25,26). The molecule has 1 saturated carbocycles. The van der Waals surface area contributed by atoms with E-state index in [1.165, 1.54) is 30.8 Å². The maximum atomic E-state index is 12.7. The van der Waals surface area contributed by atoms with Crippen LogP contribution in [0.15, 0.2) is 17.1 Å². The Bertz CT molecular complexity index is 682. The SMILES string of the molecule is CN=C(NCCCN1C(=O)C2C3C=CC(C3)C2C1=O)NCC(C)N1CCC(C)CC1. The number of hydrogen-bond acceptors (Lipinski definition) is 4. The predicted octanol–water partition coefficient (Wildman–Crippen LogP) is 1.47. The number of likely N-dealkylation sites (tertiary alicyclic amines) is 2. The maximum absolute atomic E-state index is 12.7. The van der Waals surface area contributed by atoms with Crippen molar-refractivity contribution in [2.24, 2.45) is 34.6 Å². The van der Waals surface area contributed by atoms with Gasteiger partial charge in [-0.3, -0.25) is 24.4 Å². The van der Waals surface area contributed by atoms with Gasteiger partial charge in [-0.1, -0.05) is 19.1 Å². The van der Waals surface area contributed by atoms with Gasteiger partial charge in [0.05, 0.1) is 11.8 Å². The number of carbonyl (C=O) groups excluding carboxylic acids is 2. The number of carbonyl (C=O) groups is 2. The molecule has 2 aliphatic heterocycles. The quantitative estimate of drug-likeness (QED) is 0.216. The summed E-state index contributed by atoms with van der Waals surface area (Å²) in [6.07, 6.45) is 8.57. The highest BCUT2D eigenvalue weighted by Crippen LogP contribution is 2.52. The molecule has 5 unspecified atom stereocenters. The molecule has 7 nitrogen and oxygen atoms in total. The Morgan fingerprint density at radius 2 is 1.77 bits per heavy atom. The molecule has 0 radical (unpaired) electrons. The summed E-state index contributed by atoms with van der Waals surface area (Å²) in [5, 5.41) is 6.74. The van der Waals surface area contributed by atoms with Crippen molar-refractivity contribution < 1.29 is 9.59 Å². The Hall–Kier alpha value is -1.89. The molecule has 0 spiro atoms. The Kier molecular flexibility index (Phi) is 6.46. The normalized spacial score (nSPS) is 32.8. The molecular formula is C23H37N5O2. The summed E-state index contributed by atoms with van der Waals surface area (Å²) in [7, 11) is 1.78. The third kappa shape index (κ3) is 4.13. The van der Waals surface area contributed by atoms with Crippen LogP contribution in [0, 0.1) is 29.6 Å². The summed E-state index contributed by atoms with van der Waals surface area (Å²) in [5.41, 5.74) is 0. The zero-order valence-corrected chi connectivity index (χ0v) is 18.6. The van der Waals surface area contributed by atoms with E-state index in [9.17, 15) is 9.59 Å². The second-order valence-corrected chi connectivity index (χ2v) is 9.63. The number of imide groups is 1. The second kappa shape index (κ2) is 9.08. The van der Waals surface area contributed by atoms with E-state index < -0.39 is 0 Å². The average molecular weight is 416 g/mol. The van der Waals surface area contributed by atoms with Crippen LogP contribution in [0.1, 0.15) is 39.5 Å². The summed E-state index contributed by atoms with van der Waals surface area (Å²) in [4.78, 5) is 33.8. The number of amides is 2. The van der Waals surface area contributed by atoms with Crippen LogP contribution in [-0.4, -0.2) is 73.4 Å². The lowest BCUT2D eigenvalue weighted by molar-refractivity contribution is -0.140. The average Bonchev–Trinajstić information content (AvgIpc) is 3.43. The van der Waals surface area contributed by atoms with Crippen LogP contribution >= 0.6 is 0 Å². The number of fused-ring (bicyclic) bond motifs is 5. The fourth-order valence-electron chi connectivity index (χ4n) is 5.69. The van der Waals surface area contributed by atoms with Gasteiger partial charge in [0.25, 0.3) is 0 Å². The van der Waals surface area contributed by atoms with Crippen LogP contribution in [0.25, 0.3) is 0 Å². The smallest absolute Gasteiger partial charge is 0.233 e. The molecule has 4 rings (SSSR count). The van der Waals surface area contributed by atoms with Crippen molar-refractivity contribution in [3.05, 3.63) is 12.2 Å². The Morgan fingerprint density at radius 1 is 1.13 bits per heavy atom. The first-order chi connectivity index (χ1) is 14.5. The molecule has 0 aromatic carbocycles. The highest BCUT2D eigenvalue weighted by molar-refractivity contribution is 6.06. The fraction of sp³-hybridized carbons (Fsp3) is 0.783. The van der Waals surface area contributed by atoms with E-state index in [1.54, 1.807) is 7.05 Å². The molecule has 2 heterocycles. The number of hydrogen-bond donors (Lipinski definition) is 2. The van der Waals surface area contributed by atoms with Gasteiger partial charge in [-0.15, -0.1) is 0 Å². The van der Waals surface area contributed by atoms with E-state index in [-0.39, 0.29) is 35.5 Å². The third-order valence-corrected chi connectivity index (χ3v) is 7.64. The van der Waals surface area contributed by atoms with Gasteiger partial charge in [0.15, 0.2) is 5.96 Å². The van der Waals surface area contributed by atoms with Crippen molar-refractivity contribution in [3.63, 3.8) is 0 Å². The third-order valence-electron chi connectivity index (χ3n) is 7.64. The first-order valence-electron chi connectivity index (χ1n) is 11.7. The summed E-state index contributed by atoms with van der Waals surface area (Å²) >= 11 is 0. The number of piperidine rings is 1. The van der Waals surface area contributed by atoms with Gasteiger partial charge in [-0.2, -0.15) is 0 Å². The molecule has 4 aliphatic rings. The largest absolute Gasteiger partial charge is 0.356 e. The molecule has 2 saturated heterocycles. The van der Waals surface area contributed by atoms with Crippen LogP contribution in [0.4, 0.5) is 0 Å². The highest BCUT2D eigenvalue weighted by atomic mass is 16.2. The highest BCUT2D eigenvalue weighted by Gasteiger charge is 2.58. The minimum atomic E-state index is -0.0887. The van der Waals surface area contributed by atoms with Crippen LogP contribution in [-0.2, 0) is 9.59 Å². The first-order valence-corrected chi connectivity index (χ1v) is 11.7. The van der Waals surface area contributed by atoms with Crippen molar-refractivity contribution >= 4 is 17.8 Å². The molecule has 2 amide bonds. The van der Waals surface area contributed by atoms with Gasteiger partial charge in [-0.05, 0) is 63.5 Å². The van der Waals surface area contributed by atoms with E-state index in [0.29, 0.717) is 19.1 Å². The molecule has 0 aromatic rings. The summed E-state index contributed by atoms with van der Waals surface area (Å²) < 4.78 is 0. The molecule has 2 N–H and O–H groups in total. The van der Waals surface area contributed by atoms with E-state index in [4.69, 9.17) is 0 Å². The van der Waals surface area contributed by atoms with Gasteiger partial charge in [0, 0.05) is 32.7 Å². The summed E-state index contributed by atoms with van der Waals surface area (Å²) in [5.74, 6) is 2.12. The van der Waals surface area contributed by atoms with Crippen molar-refractivity contribution in [1.29, 1.82) is 0 Å². The van der Waals surface area contributed by atoms with Gasteiger partial charge < -0.3 is 10.6 Å². The molecule has 2 bridgehead atoms. The molecule has 5 atom stereocenters. The zero-order chi connectivity index (χ0) is 21.3. The van der Waals surface area contributed by atoms with Crippen molar-refractivity contribution in [3.8, 4) is 0 Å². The lowest BCUT2D eigenvalue weighted by Crippen LogP contribution is -2.48. The monoisotopic (exact) mass is 415 g/mol. The maximum Gasteiger partial charge on any atom is 0.233 e. The topological polar surface area (TPSA) is 77.0 Å². The number of aliphatic imine (C=N–C) groups is 1. The van der Waals surface area contributed by atoms with Crippen LogP contribution in [0.2, 0.25) is 0 Å². The molecule has 30 heavy (non-hydrogen) atoms. The molecule has 7 heteroatoms. The molecule has 0 aromatic heterocycles. The van der Waals surface area contributed by atoms with Crippen molar-refractivity contribution in [2.75, 3.05) is 39.8 Å². The first kappa shape index (κ1) is 21.3. The fourth-order valence-corrected chi connectivity index (χ4v) is 5.69. The van der Waals surface area contributed by atoms with Crippen LogP contribution in [0.5, 0.6) is 0 Å². The van der Waals surface area contributed by atoms with Crippen LogP contribution < -0.4 is 10.6 Å². The number of guanidine groups is 1. The van der Waals surface area contributed by atoms with Crippen molar-refractivity contribution in [2.45, 2.75) is 45.6 Å². The number of nitrogens with one attached hydrogen (secondary N) is 2. The van der Waals surface area contributed by atoms with E-state index in [2.05, 4.69) is 46.5 Å². The minimum absolute atomic E-state index is 0.0500. The lowest BCUT2D eigenvalue weighted by atomic mass is 9.85. The number of rotatable bonds is 7. The van der Waals surface area contributed by atoms with Crippen molar-refractivity contribution in [1.82, 2.24) is 20.4 Å². The molecule has 166 valence electrons. The second-order valence-electron chi connectivity index (χ2n) is 9.63. The molecule has 3 fully saturated rings. The molecular weight excluding hydrogens is 378 g/mol. The van der Waals surface area contributed by atoms with Gasteiger partial charge in [0.1, 0.15) is 0 Å². The summed E-state index contributed by atoms with van der Waals surface area (Å²) in [6.45, 7) is 8.99. The van der Waals surface area contributed by atoms with Gasteiger partial charge in [-0.25, -0.2) is 0 Å².